The molecule has 0 unspecified atom stereocenters. The van der Waals surface area contributed by atoms with E-state index < -0.39 is 0 Å². The van der Waals surface area contributed by atoms with Crippen LogP contribution in [-0.4, -0.2) is 21.3 Å². The second-order valence-corrected chi connectivity index (χ2v) is 4.26. The molecule has 0 bridgehead atoms. The maximum atomic E-state index is 12.9. The zero-order valence-corrected chi connectivity index (χ0v) is 10.8. The molecule has 18 heavy (non-hydrogen) atoms. The lowest BCUT2D eigenvalue weighted by Crippen LogP contribution is -2.17. The fraction of sp³-hybridized carbons (Fsp3) is 0.333. The number of benzene rings is 1. The Balaban J connectivity index is 2.15. The molecule has 1 N–H and O–H groups in total. The van der Waals surface area contributed by atoms with Gasteiger partial charge in [-0.3, -0.25) is 0 Å². The largest absolute Gasteiger partial charge is 0.310 e. The van der Waals surface area contributed by atoms with Crippen LogP contribution < -0.4 is 5.32 Å². The lowest BCUT2D eigenvalue weighted by molar-refractivity contribution is 0.593. The Morgan fingerprint density at radius 1 is 1.44 bits per heavy atom. The summed E-state index contributed by atoms with van der Waals surface area (Å²) in [6, 6.07) is 4.36. The molecule has 4 nitrogen and oxygen atoms in total. The molecule has 0 aliphatic rings. The van der Waals surface area contributed by atoms with Crippen molar-refractivity contribution in [3.8, 4) is 0 Å². The van der Waals surface area contributed by atoms with Crippen LogP contribution in [0.5, 0.6) is 0 Å². The van der Waals surface area contributed by atoms with Crippen molar-refractivity contribution in [2.75, 3.05) is 6.54 Å². The minimum atomic E-state index is -0.338. The Labute approximate surface area is 110 Å². The molecule has 1 aromatic carbocycles. The van der Waals surface area contributed by atoms with Crippen LogP contribution in [0.4, 0.5) is 4.39 Å². The summed E-state index contributed by atoms with van der Waals surface area (Å²) >= 11 is 5.99. The lowest BCUT2D eigenvalue weighted by Gasteiger charge is -2.08. The van der Waals surface area contributed by atoms with Gasteiger partial charge in [0.05, 0.1) is 13.1 Å². The summed E-state index contributed by atoms with van der Waals surface area (Å²) in [5.41, 5.74) is 0.821. The summed E-state index contributed by atoms with van der Waals surface area (Å²) < 4.78 is 14.7. The van der Waals surface area contributed by atoms with Crippen LogP contribution in [0.25, 0.3) is 0 Å². The third kappa shape index (κ3) is 3.05. The van der Waals surface area contributed by atoms with Crippen molar-refractivity contribution >= 4 is 11.6 Å². The SMILES string of the molecule is CCNCc1ncnn1Cc1ccc(F)cc1Cl. The van der Waals surface area contributed by atoms with Crippen molar-refractivity contribution in [1.29, 1.82) is 0 Å². The molecule has 0 saturated carbocycles. The van der Waals surface area contributed by atoms with Gasteiger partial charge < -0.3 is 5.32 Å². The summed E-state index contributed by atoms with van der Waals surface area (Å²) in [6.07, 6.45) is 1.50. The first-order valence-electron chi connectivity index (χ1n) is 5.72. The fourth-order valence-electron chi connectivity index (χ4n) is 1.61. The molecule has 0 atom stereocenters. The van der Waals surface area contributed by atoms with E-state index in [1.54, 1.807) is 10.7 Å². The number of hydrogen-bond donors (Lipinski definition) is 1. The summed E-state index contributed by atoms with van der Waals surface area (Å²) in [5.74, 6) is 0.493. The Morgan fingerprint density at radius 2 is 2.28 bits per heavy atom. The Hall–Kier alpha value is -1.46. The van der Waals surface area contributed by atoms with Gasteiger partial charge in [0.1, 0.15) is 18.0 Å². The number of aromatic nitrogens is 3. The minimum absolute atomic E-state index is 0.338. The van der Waals surface area contributed by atoms with Crippen LogP contribution in [0.15, 0.2) is 24.5 Å². The van der Waals surface area contributed by atoms with Crippen molar-refractivity contribution in [2.24, 2.45) is 0 Å². The maximum Gasteiger partial charge on any atom is 0.141 e. The zero-order chi connectivity index (χ0) is 13.0. The second kappa shape index (κ2) is 5.93. The highest BCUT2D eigenvalue weighted by Gasteiger charge is 2.07. The molecule has 6 heteroatoms. The highest BCUT2D eigenvalue weighted by atomic mass is 35.5. The highest BCUT2D eigenvalue weighted by molar-refractivity contribution is 6.31. The first kappa shape index (κ1) is 13.0. The minimum Gasteiger partial charge on any atom is -0.310 e. The van der Waals surface area contributed by atoms with Gasteiger partial charge in [-0.15, -0.1) is 0 Å². The van der Waals surface area contributed by atoms with E-state index in [1.165, 1.54) is 18.5 Å². The standard InChI is InChI=1S/C12H14ClFN4/c1-2-15-6-12-16-8-17-18(12)7-9-3-4-10(14)5-11(9)13/h3-5,8,15H,2,6-7H2,1H3. The number of nitrogens with one attached hydrogen (secondary N) is 1. The normalized spacial score (nSPS) is 10.8. The Morgan fingerprint density at radius 3 is 3.00 bits per heavy atom. The summed E-state index contributed by atoms with van der Waals surface area (Å²) in [5, 5.41) is 7.73. The average Bonchev–Trinajstić information content (AvgIpc) is 2.77. The van der Waals surface area contributed by atoms with E-state index >= 15 is 0 Å². The summed E-state index contributed by atoms with van der Waals surface area (Å²) in [7, 11) is 0. The van der Waals surface area contributed by atoms with E-state index in [1.807, 2.05) is 6.92 Å². The van der Waals surface area contributed by atoms with Crippen LogP contribution in [0.1, 0.15) is 18.3 Å². The van der Waals surface area contributed by atoms with E-state index in [4.69, 9.17) is 11.6 Å². The van der Waals surface area contributed by atoms with Gasteiger partial charge in [-0.2, -0.15) is 5.10 Å². The Bertz CT molecular complexity index is 527. The predicted molar refractivity (Wildman–Crippen MR) is 67.9 cm³/mol. The molecule has 0 radical (unpaired) electrons. The second-order valence-electron chi connectivity index (χ2n) is 3.85. The van der Waals surface area contributed by atoms with Crippen molar-refractivity contribution in [3.63, 3.8) is 0 Å². The average molecular weight is 269 g/mol. The van der Waals surface area contributed by atoms with Gasteiger partial charge in [-0.1, -0.05) is 24.6 Å². The van der Waals surface area contributed by atoms with Gasteiger partial charge in [0.15, 0.2) is 0 Å². The number of rotatable bonds is 5. The van der Waals surface area contributed by atoms with E-state index in [0.29, 0.717) is 18.1 Å². The number of halogens is 2. The molecule has 0 spiro atoms. The van der Waals surface area contributed by atoms with Gasteiger partial charge in [0.2, 0.25) is 0 Å². The van der Waals surface area contributed by atoms with Crippen LogP contribution >= 0.6 is 11.6 Å². The van der Waals surface area contributed by atoms with Gasteiger partial charge >= 0.3 is 0 Å². The van der Waals surface area contributed by atoms with E-state index in [0.717, 1.165) is 17.9 Å². The molecular formula is C12H14ClFN4. The molecule has 2 aromatic rings. The predicted octanol–water partition coefficient (Wildman–Crippen LogP) is 2.23. The topological polar surface area (TPSA) is 42.7 Å². The summed E-state index contributed by atoms with van der Waals surface area (Å²) in [6.45, 7) is 4.02. The third-order valence-electron chi connectivity index (χ3n) is 2.56. The zero-order valence-electron chi connectivity index (χ0n) is 10.0. The van der Waals surface area contributed by atoms with Gasteiger partial charge in [-0.25, -0.2) is 14.1 Å². The molecule has 0 fully saturated rings. The van der Waals surface area contributed by atoms with Crippen molar-refractivity contribution < 1.29 is 4.39 Å². The smallest absolute Gasteiger partial charge is 0.141 e. The van der Waals surface area contributed by atoms with Crippen molar-refractivity contribution in [2.45, 2.75) is 20.0 Å². The quantitative estimate of drug-likeness (QED) is 0.904. The van der Waals surface area contributed by atoms with Crippen LogP contribution in [0.3, 0.4) is 0 Å². The van der Waals surface area contributed by atoms with E-state index in [-0.39, 0.29) is 5.82 Å². The molecule has 0 aliphatic heterocycles. The van der Waals surface area contributed by atoms with E-state index in [2.05, 4.69) is 15.4 Å². The van der Waals surface area contributed by atoms with Crippen LogP contribution in [-0.2, 0) is 13.1 Å². The maximum absolute atomic E-state index is 12.9. The molecule has 0 aliphatic carbocycles. The lowest BCUT2D eigenvalue weighted by atomic mass is 10.2. The van der Waals surface area contributed by atoms with Gasteiger partial charge in [0.25, 0.3) is 0 Å². The number of nitrogens with zero attached hydrogens (tertiary/aromatic N) is 3. The molecule has 1 aromatic heterocycles. The van der Waals surface area contributed by atoms with E-state index in [9.17, 15) is 4.39 Å². The Kier molecular flexibility index (Phi) is 4.28. The fourth-order valence-corrected chi connectivity index (χ4v) is 1.83. The van der Waals surface area contributed by atoms with Crippen LogP contribution in [0, 0.1) is 5.82 Å². The molecule has 0 amide bonds. The molecular weight excluding hydrogens is 255 g/mol. The van der Waals surface area contributed by atoms with Crippen molar-refractivity contribution in [1.82, 2.24) is 20.1 Å². The molecule has 1 heterocycles. The monoisotopic (exact) mass is 268 g/mol. The van der Waals surface area contributed by atoms with Gasteiger partial charge in [0, 0.05) is 5.02 Å². The first-order chi connectivity index (χ1) is 8.70. The molecule has 2 rings (SSSR count). The molecule has 96 valence electrons. The highest BCUT2D eigenvalue weighted by Crippen LogP contribution is 2.18. The number of hydrogen-bond acceptors (Lipinski definition) is 3. The van der Waals surface area contributed by atoms with Crippen molar-refractivity contribution in [3.05, 3.63) is 46.8 Å². The third-order valence-corrected chi connectivity index (χ3v) is 2.92. The molecule has 0 saturated heterocycles. The summed E-state index contributed by atoms with van der Waals surface area (Å²) in [4.78, 5) is 4.17. The van der Waals surface area contributed by atoms with Gasteiger partial charge in [-0.05, 0) is 24.2 Å². The first-order valence-corrected chi connectivity index (χ1v) is 6.10. The van der Waals surface area contributed by atoms with Crippen LogP contribution in [0.2, 0.25) is 5.02 Å².